The summed E-state index contributed by atoms with van der Waals surface area (Å²) < 4.78 is 11.2. The molecular formula is C23H27NO5S. The minimum absolute atomic E-state index is 0.184. The van der Waals surface area contributed by atoms with Gasteiger partial charge in [-0.1, -0.05) is 25.5 Å². The number of fused-ring (bicyclic) bond motifs is 1. The zero-order valence-corrected chi connectivity index (χ0v) is 18.3. The smallest absolute Gasteiger partial charge is 0.335 e. The van der Waals surface area contributed by atoms with Gasteiger partial charge in [0.1, 0.15) is 0 Å². The molecule has 0 saturated carbocycles. The number of hydrogen-bond acceptors (Lipinski definition) is 5. The predicted octanol–water partition coefficient (Wildman–Crippen LogP) is 4.31. The van der Waals surface area contributed by atoms with E-state index in [1.807, 2.05) is 30.3 Å². The largest absolute Gasteiger partial charge is 0.478 e. The number of ether oxygens (including phenoxy) is 2. The molecule has 1 N–H and O–H groups in total. The van der Waals surface area contributed by atoms with E-state index in [4.69, 9.17) is 14.6 Å². The zero-order valence-electron chi connectivity index (χ0n) is 17.5. The first-order chi connectivity index (χ1) is 14.5. The summed E-state index contributed by atoms with van der Waals surface area (Å²) in [6.07, 6.45) is 2.71. The third-order valence-electron chi connectivity index (χ3n) is 5.31. The molecule has 0 aromatic heterocycles. The van der Waals surface area contributed by atoms with Gasteiger partial charge in [-0.2, -0.15) is 0 Å². The van der Waals surface area contributed by atoms with Gasteiger partial charge in [-0.15, -0.1) is 11.8 Å². The summed E-state index contributed by atoms with van der Waals surface area (Å²) in [5, 5.41) is 8.99. The molecule has 0 unspecified atom stereocenters. The number of anilines is 1. The molecule has 1 aliphatic rings. The average molecular weight is 430 g/mol. The Hall–Kier alpha value is -2.35. The van der Waals surface area contributed by atoms with Gasteiger partial charge in [0, 0.05) is 37.0 Å². The number of carbonyl (C=O) groups is 2. The first kappa shape index (κ1) is 22.3. The van der Waals surface area contributed by atoms with Crippen molar-refractivity contribution in [3.05, 3.63) is 59.2 Å². The van der Waals surface area contributed by atoms with E-state index in [0.717, 1.165) is 46.7 Å². The number of benzene rings is 2. The number of methoxy groups -OCH3 is 2. The Morgan fingerprint density at radius 3 is 2.43 bits per heavy atom. The lowest BCUT2D eigenvalue weighted by Crippen LogP contribution is -2.43. The van der Waals surface area contributed by atoms with Crippen LogP contribution in [-0.2, 0) is 26.5 Å². The Bertz CT molecular complexity index is 908. The molecule has 2 aromatic rings. The molecule has 0 bridgehead atoms. The molecule has 0 spiro atoms. The van der Waals surface area contributed by atoms with Crippen molar-refractivity contribution in [2.45, 2.75) is 36.9 Å². The molecule has 1 heterocycles. The summed E-state index contributed by atoms with van der Waals surface area (Å²) >= 11 is 1.68. The average Bonchev–Trinajstić information content (AvgIpc) is 2.99. The fraction of sp³-hybridized carbons (Fsp3) is 0.391. The minimum Gasteiger partial charge on any atom is -0.478 e. The monoisotopic (exact) mass is 429 g/mol. The summed E-state index contributed by atoms with van der Waals surface area (Å²) in [6.45, 7) is 2.73. The molecule has 6 nitrogen and oxygen atoms in total. The second-order valence-corrected chi connectivity index (χ2v) is 8.28. The molecule has 0 atom stereocenters. The predicted molar refractivity (Wildman–Crippen MR) is 117 cm³/mol. The molecule has 0 radical (unpaired) electrons. The molecule has 30 heavy (non-hydrogen) atoms. The standard InChI is InChI=1S/C23H27NO5S/c1-4-5-13-24-20-11-10-18(15-19(20)23(28-2,29-3)22(24)27)30-14-12-16-6-8-17(9-7-16)21(25)26/h6-11,15H,4-5,12-14H2,1-3H3,(H,25,26). The number of thioether (sulfide) groups is 1. The van der Waals surface area contributed by atoms with Crippen molar-refractivity contribution in [1.82, 2.24) is 0 Å². The lowest BCUT2D eigenvalue weighted by Gasteiger charge is -2.25. The maximum atomic E-state index is 13.1. The van der Waals surface area contributed by atoms with E-state index in [1.165, 1.54) is 14.2 Å². The van der Waals surface area contributed by atoms with Crippen LogP contribution < -0.4 is 4.90 Å². The summed E-state index contributed by atoms with van der Waals surface area (Å²) in [5.74, 6) is -1.68. The third-order valence-corrected chi connectivity index (χ3v) is 6.31. The quantitative estimate of drug-likeness (QED) is 0.448. The first-order valence-corrected chi connectivity index (χ1v) is 11.0. The number of aromatic carboxylic acids is 1. The second-order valence-electron chi connectivity index (χ2n) is 7.11. The number of aryl methyl sites for hydroxylation is 1. The van der Waals surface area contributed by atoms with Crippen LogP contribution in [0.3, 0.4) is 0 Å². The van der Waals surface area contributed by atoms with Crippen LogP contribution >= 0.6 is 11.8 Å². The summed E-state index contributed by atoms with van der Waals surface area (Å²) in [4.78, 5) is 26.8. The van der Waals surface area contributed by atoms with Gasteiger partial charge in [-0.25, -0.2) is 4.79 Å². The number of carboxylic acid groups (broad SMARTS) is 1. The van der Waals surface area contributed by atoms with Gasteiger partial charge in [0.15, 0.2) is 0 Å². The van der Waals surface area contributed by atoms with Crippen molar-refractivity contribution in [3.8, 4) is 0 Å². The molecule has 0 saturated heterocycles. The van der Waals surface area contributed by atoms with E-state index in [1.54, 1.807) is 28.8 Å². The summed E-state index contributed by atoms with van der Waals surface area (Å²) in [6, 6.07) is 12.9. The Balaban J connectivity index is 1.74. The third kappa shape index (κ3) is 4.24. The van der Waals surface area contributed by atoms with Crippen LogP contribution in [0.15, 0.2) is 47.4 Å². The molecule has 1 amide bonds. The fourth-order valence-electron chi connectivity index (χ4n) is 3.62. The number of unbranched alkanes of at least 4 members (excludes halogenated alkanes) is 1. The van der Waals surface area contributed by atoms with Crippen molar-refractivity contribution in [2.24, 2.45) is 0 Å². The van der Waals surface area contributed by atoms with Crippen LogP contribution in [-0.4, -0.2) is 43.5 Å². The number of carbonyl (C=O) groups excluding carboxylic acids is 1. The van der Waals surface area contributed by atoms with Gasteiger partial charge in [0.25, 0.3) is 11.7 Å². The molecule has 1 aliphatic heterocycles. The number of hydrogen-bond donors (Lipinski definition) is 1. The Kier molecular flexibility index (Phi) is 7.18. The molecular weight excluding hydrogens is 402 g/mol. The highest BCUT2D eigenvalue weighted by Crippen LogP contribution is 2.44. The highest BCUT2D eigenvalue weighted by molar-refractivity contribution is 7.99. The van der Waals surface area contributed by atoms with Crippen LogP contribution in [0.2, 0.25) is 0 Å². The van der Waals surface area contributed by atoms with Crippen molar-refractivity contribution in [2.75, 3.05) is 31.4 Å². The lowest BCUT2D eigenvalue weighted by molar-refractivity contribution is -0.209. The molecule has 160 valence electrons. The first-order valence-electron chi connectivity index (χ1n) is 9.98. The van der Waals surface area contributed by atoms with E-state index < -0.39 is 11.8 Å². The molecule has 0 fully saturated rings. The normalized spacial score (nSPS) is 14.8. The molecule has 7 heteroatoms. The van der Waals surface area contributed by atoms with Crippen LogP contribution in [0.4, 0.5) is 5.69 Å². The van der Waals surface area contributed by atoms with Gasteiger partial charge in [0.2, 0.25) is 0 Å². The highest BCUT2D eigenvalue weighted by Gasteiger charge is 2.52. The van der Waals surface area contributed by atoms with Gasteiger partial charge < -0.3 is 19.5 Å². The van der Waals surface area contributed by atoms with Crippen LogP contribution in [0.1, 0.15) is 41.3 Å². The van der Waals surface area contributed by atoms with Crippen molar-refractivity contribution in [3.63, 3.8) is 0 Å². The molecule has 3 rings (SSSR count). The van der Waals surface area contributed by atoms with Gasteiger partial charge >= 0.3 is 5.97 Å². The van der Waals surface area contributed by atoms with E-state index in [2.05, 4.69) is 6.92 Å². The topological polar surface area (TPSA) is 76.1 Å². The summed E-state index contributed by atoms with van der Waals surface area (Å²) in [5.41, 5.74) is 2.95. The number of carboxylic acids is 1. The van der Waals surface area contributed by atoms with Crippen LogP contribution in [0.25, 0.3) is 0 Å². The van der Waals surface area contributed by atoms with E-state index in [0.29, 0.717) is 6.54 Å². The van der Waals surface area contributed by atoms with Crippen LogP contribution in [0, 0.1) is 0 Å². The Morgan fingerprint density at radius 2 is 1.83 bits per heavy atom. The van der Waals surface area contributed by atoms with Gasteiger partial charge in [0.05, 0.1) is 11.3 Å². The number of rotatable bonds is 10. The van der Waals surface area contributed by atoms with Crippen molar-refractivity contribution in [1.29, 1.82) is 0 Å². The number of amides is 1. The fourth-order valence-corrected chi connectivity index (χ4v) is 4.56. The molecule has 2 aromatic carbocycles. The maximum absolute atomic E-state index is 13.1. The van der Waals surface area contributed by atoms with Gasteiger partial charge in [-0.3, -0.25) is 4.79 Å². The lowest BCUT2D eigenvalue weighted by atomic mass is 10.1. The second kappa shape index (κ2) is 9.64. The Labute approximate surface area is 181 Å². The van der Waals surface area contributed by atoms with Crippen molar-refractivity contribution >= 4 is 29.3 Å². The van der Waals surface area contributed by atoms with E-state index >= 15 is 0 Å². The minimum atomic E-state index is -1.40. The maximum Gasteiger partial charge on any atom is 0.335 e. The zero-order chi connectivity index (χ0) is 21.7. The van der Waals surface area contributed by atoms with Crippen LogP contribution in [0.5, 0.6) is 0 Å². The van der Waals surface area contributed by atoms with Gasteiger partial charge in [-0.05, 0) is 48.7 Å². The Morgan fingerprint density at radius 1 is 1.13 bits per heavy atom. The van der Waals surface area contributed by atoms with E-state index in [-0.39, 0.29) is 11.5 Å². The van der Waals surface area contributed by atoms with E-state index in [9.17, 15) is 9.59 Å². The summed E-state index contributed by atoms with van der Waals surface area (Å²) in [7, 11) is 2.99. The number of nitrogens with zero attached hydrogens (tertiary/aromatic N) is 1. The SMILES string of the molecule is CCCCN1C(=O)C(OC)(OC)c2cc(SCCc3ccc(C(=O)O)cc3)ccc21. The highest BCUT2D eigenvalue weighted by atomic mass is 32.2. The van der Waals surface area contributed by atoms with Crippen molar-refractivity contribution < 1.29 is 24.2 Å². The molecule has 0 aliphatic carbocycles.